The summed E-state index contributed by atoms with van der Waals surface area (Å²) in [6, 6.07) is 17.0. The molecule has 132 valence electrons. The molecule has 0 radical (unpaired) electrons. The summed E-state index contributed by atoms with van der Waals surface area (Å²) in [7, 11) is 0. The summed E-state index contributed by atoms with van der Waals surface area (Å²) < 4.78 is 4.47. The summed E-state index contributed by atoms with van der Waals surface area (Å²) in [4.78, 5) is 21.3. The van der Waals surface area contributed by atoms with E-state index in [4.69, 9.17) is 11.6 Å². The Morgan fingerprint density at radius 1 is 0.962 bits per heavy atom. The summed E-state index contributed by atoms with van der Waals surface area (Å²) in [5.41, 5.74) is 1.69. The molecule has 1 aliphatic heterocycles. The molecular weight excluding hydrogens is 368 g/mol. The number of benzene rings is 2. The van der Waals surface area contributed by atoms with Crippen LogP contribution in [0.5, 0.6) is 0 Å². The van der Waals surface area contributed by atoms with Crippen LogP contribution in [0.4, 0.5) is 5.13 Å². The van der Waals surface area contributed by atoms with E-state index in [1.165, 1.54) is 11.5 Å². The number of piperazine rings is 1. The molecular formula is C19H17ClN4OS. The van der Waals surface area contributed by atoms with Gasteiger partial charge in [0, 0.05) is 53.9 Å². The predicted octanol–water partition coefficient (Wildman–Crippen LogP) is 3.82. The Hall–Kier alpha value is -2.44. The Balaban J connectivity index is 1.40. The van der Waals surface area contributed by atoms with Crippen LogP contribution in [0.1, 0.15) is 10.4 Å². The van der Waals surface area contributed by atoms with Gasteiger partial charge in [0.1, 0.15) is 0 Å². The fourth-order valence-electron chi connectivity index (χ4n) is 2.92. The fraction of sp³-hybridized carbons (Fsp3) is 0.211. The van der Waals surface area contributed by atoms with E-state index in [9.17, 15) is 4.79 Å². The standard InChI is InChI=1S/C19H17ClN4OS/c20-16-8-6-15(7-9-16)18(25)23-10-12-24(13-11-23)19-21-17(22-26-19)14-4-2-1-3-5-14/h1-9H,10-13H2. The highest BCUT2D eigenvalue weighted by Gasteiger charge is 2.24. The Labute approximate surface area is 161 Å². The first-order valence-corrected chi connectivity index (χ1v) is 9.55. The van der Waals surface area contributed by atoms with Crippen LogP contribution >= 0.6 is 23.1 Å². The molecule has 0 atom stereocenters. The van der Waals surface area contributed by atoms with Crippen molar-refractivity contribution in [3.8, 4) is 11.4 Å². The maximum absolute atomic E-state index is 12.6. The van der Waals surface area contributed by atoms with Crippen molar-refractivity contribution < 1.29 is 4.79 Å². The maximum Gasteiger partial charge on any atom is 0.253 e. The molecule has 1 aromatic heterocycles. The maximum atomic E-state index is 12.6. The molecule has 2 aromatic carbocycles. The van der Waals surface area contributed by atoms with E-state index in [0.29, 0.717) is 23.7 Å². The highest BCUT2D eigenvalue weighted by atomic mass is 35.5. The lowest BCUT2D eigenvalue weighted by Crippen LogP contribution is -2.48. The van der Waals surface area contributed by atoms with Gasteiger partial charge >= 0.3 is 0 Å². The van der Waals surface area contributed by atoms with Crippen molar-refractivity contribution >= 4 is 34.2 Å². The third-order valence-corrected chi connectivity index (χ3v) is 5.40. The molecule has 1 fully saturated rings. The highest BCUT2D eigenvalue weighted by molar-refractivity contribution is 7.09. The lowest BCUT2D eigenvalue weighted by atomic mass is 10.2. The van der Waals surface area contributed by atoms with E-state index in [1.54, 1.807) is 24.3 Å². The molecule has 2 heterocycles. The van der Waals surface area contributed by atoms with Gasteiger partial charge in [-0.1, -0.05) is 41.9 Å². The van der Waals surface area contributed by atoms with Crippen molar-refractivity contribution in [2.45, 2.75) is 0 Å². The summed E-state index contributed by atoms with van der Waals surface area (Å²) in [5, 5.41) is 1.54. The molecule has 1 amide bonds. The van der Waals surface area contributed by atoms with E-state index >= 15 is 0 Å². The van der Waals surface area contributed by atoms with Gasteiger partial charge in [-0.2, -0.15) is 9.36 Å². The number of hydrogen-bond acceptors (Lipinski definition) is 5. The van der Waals surface area contributed by atoms with Crippen LogP contribution in [0.3, 0.4) is 0 Å². The monoisotopic (exact) mass is 384 g/mol. The molecule has 3 aromatic rings. The summed E-state index contributed by atoms with van der Waals surface area (Å²) >= 11 is 7.30. The van der Waals surface area contributed by atoms with Crippen LogP contribution in [-0.2, 0) is 0 Å². The van der Waals surface area contributed by atoms with Gasteiger partial charge in [0.15, 0.2) is 5.82 Å². The molecule has 5 nitrogen and oxygen atoms in total. The largest absolute Gasteiger partial charge is 0.343 e. The Bertz CT molecular complexity index is 889. The van der Waals surface area contributed by atoms with E-state index in [0.717, 1.165) is 29.6 Å². The van der Waals surface area contributed by atoms with Gasteiger partial charge in [-0.3, -0.25) is 4.79 Å². The van der Waals surface area contributed by atoms with E-state index < -0.39 is 0 Å². The number of rotatable bonds is 3. The minimum atomic E-state index is 0.0450. The number of hydrogen-bond donors (Lipinski definition) is 0. The number of anilines is 1. The zero-order valence-corrected chi connectivity index (χ0v) is 15.6. The molecule has 4 rings (SSSR count). The van der Waals surface area contributed by atoms with Gasteiger partial charge in [-0.15, -0.1) is 0 Å². The molecule has 0 spiro atoms. The van der Waals surface area contributed by atoms with Crippen LogP contribution in [-0.4, -0.2) is 46.3 Å². The van der Waals surface area contributed by atoms with Crippen molar-refractivity contribution in [1.82, 2.24) is 14.3 Å². The van der Waals surface area contributed by atoms with Crippen LogP contribution in [0.2, 0.25) is 5.02 Å². The van der Waals surface area contributed by atoms with E-state index in [2.05, 4.69) is 14.3 Å². The molecule has 1 saturated heterocycles. The van der Waals surface area contributed by atoms with Crippen LogP contribution in [0.25, 0.3) is 11.4 Å². The molecule has 0 aliphatic carbocycles. The highest BCUT2D eigenvalue weighted by Crippen LogP contribution is 2.25. The van der Waals surface area contributed by atoms with E-state index in [1.807, 2.05) is 35.2 Å². The molecule has 0 N–H and O–H groups in total. The first-order valence-electron chi connectivity index (χ1n) is 8.39. The second kappa shape index (κ2) is 7.43. The SMILES string of the molecule is O=C(c1ccc(Cl)cc1)N1CCN(c2nc(-c3ccccc3)ns2)CC1. The zero-order chi connectivity index (χ0) is 17.9. The third kappa shape index (κ3) is 3.57. The fourth-order valence-corrected chi connectivity index (χ4v) is 3.79. The molecule has 0 bridgehead atoms. The third-order valence-electron chi connectivity index (χ3n) is 4.38. The van der Waals surface area contributed by atoms with E-state index in [-0.39, 0.29) is 5.91 Å². The zero-order valence-electron chi connectivity index (χ0n) is 14.0. The number of halogens is 1. The lowest BCUT2D eigenvalue weighted by Gasteiger charge is -2.34. The van der Waals surface area contributed by atoms with Crippen molar-refractivity contribution in [2.75, 3.05) is 31.1 Å². The smallest absolute Gasteiger partial charge is 0.253 e. The Morgan fingerprint density at radius 2 is 1.65 bits per heavy atom. The average Bonchev–Trinajstić information content (AvgIpc) is 3.19. The molecule has 0 saturated carbocycles. The second-order valence-corrected chi connectivity index (χ2v) is 7.22. The van der Waals surface area contributed by atoms with Gasteiger partial charge in [0.05, 0.1) is 0 Å². The van der Waals surface area contributed by atoms with Crippen molar-refractivity contribution in [2.24, 2.45) is 0 Å². The Morgan fingerprint density at radius 3 is 2.35 bits per heavy atom. The van der Waals surface area contributed by atoms with Gasteiger partial charge in [-0.05, 0) is 24.3 Å². The van der Waals surface area contributed by atoms with Crippen molar-refractivity contribution in [1.29, 1.82) is 0 Å². The minimum absolute atomic E-state index is 0.0450. The van der Waals surface area contributed by atoms with Crippen LogP contribution in [0.15, 0.2) is 54.6 Å². The molecule has 1 aliphatic rings. The molecule has 0 unspecified atom stereocenters. The van der Waals surface area contributed by atoms with Gasteiger partial charge < -0.3 is 9.80 Å². The first-order chi connectivity index (χ1) is 12.7. The Kier molecular flexibility index (Phi) is 4.86. The van der Waals surface area contributed by atoms with Gasteiger partial charge in [-0.25, -0.2) is 0 Å². The minimum Gasteiger partial charge on any atom is -0.343 e. The number of carbonyl (C=O) groups is 1. The molecule has 26 heavy (non-hydrogen) atoms. The van der Waals surface area contributed by atoms with Crippen molar-refractivity contribution in [3.05, 3.63) is 65.2 Å². The summed E-state index contributed by atoms with van der Waals surface area (Å²) in [5.74, 6) is 0.800. The van der Waals surface area contributed by atoms with Gasteiger partial charge in [0.2, 0.25) is 5.13 Å². The summed E-state index contributed by atoms with van der Waals surface area (Å²) in [6.45, 7) is 2.84. The second-order valence-electron chi connectivity index (χ2n) is 6.05. The van der Waals surface area contributed by atoms with Crippen LogP contribution < -0.4 is 4.90 Å². The number of nitrogens with zero attached hydrogens (tertiary/aromatic N) is 4. The first kappa shape index (κ1) is 17.0. The van der Waals surface area contributed by atoms with Gasteiger partial charge in [0.25, 0.3) is 5.91 Å². The average molecular weight is 385 g/mol. The quantitative estimate of drug-likeness (QED) is 0.688. The predicted molar refractivity (Wildman–Crippen MR) is 105 cm³/mol. The lowest BCUT2D eigenvalue weighted by molar-refractivity contribution is 0.0747. The van der Waals surface area contributed by atoms with Crippen LogP contribution in [0, 0.1) is 0 Å². The van der Waals surface area contributed by atoms with Crippen molar-refractivity contribution in [3.63, 3.8) is 0 Å². The number of carbonyl (C=O) groups excluding carboxylic acids is 1. The number of aromatic nitrogens is 2. The summed E-state index contributed by atoms with van der Waals surface area (Å²) in [6.07, 6.45) is 0. The molecule has 7 heteroatoms. The topological polar surface area (TPSA) is 49.3 Å². The normalized spacial score (nSPS) is 14.5. The number of amides is 1.